The monoisotopic (exact) mass is 283 g/mol. The first-order chi connectivity index (χ1) is 8.97. The maximum atomic E-state index is 13.3. The van der Waals surface area contributed by atoms with E-state index in [1.165, 1.54) is 13.0 Å². The van der Waals surface area contributed by atoms with Gasteiger partial charge in [-0.05, 0) is 18.6 Å². The van der Waals surface area contributed by atoms with E-state index in [1.54, 1.807) is 5.38 Å². The number of aromatic nitrogens is 1. The Labute approximate surface area is 111 Å². The van der Waals surface area contributed by atoms with Crippen LogP contribution in [0.4, 0.5) is 15.8 Å². The lowest BCUT2D eigenvalue weighted by atomic mass is 10.2. The van der Waals surface area contributed by atoms with E-state index in [1.807, 2.05) is 0 Å². The minimum atomic E-state index is -0.652. The van der Waals surface area contributed by atoms with Gasteiger partial charge in [0.25, 0.3) is 5.69 Å². The Hall–Kier alpha value is -2.22. The van der Waals surface area contributed by atoms with Crippen molar-refractivity contribution in [3.8, 4) is 0 Å². The zero-order chi connectivity index (χ0) is 14.0. The highest BCUT2D eigenvalue weighted by Gasteiger charge is 2.16. The van der Waals surface area contributed by atoms with Crippen molar-refractivity contribution in [2.45, 2.75) is 13.5 Å². The number of hydrogen-bond donors (Lipinski definition) is 2. The van der Waals surface area contributed by atoms with Crippen molar-refractivity contribution in [3.63, 3.8) is 0 Å². The van der Waals surface area contributed by atoms with Crippen LogP contribution < -0.4 is 10.2 Å². The van der Waals surface area contributed by atoms with Gasteiger partial charge in [-0.3, -0.25) is 14.9 Å². The Bertz CT molecular complexity index is 680. The number of benzene rings is 1. The molecule has 0 fully saturated rings. The molecule has 19 heavy (non-hydrogen) atoms. The van der Waals surface area contributed by atoms with Gasteiger partial charge in [-0.2, -0.15) is 0 Å². The zero-order valence-electron chi connectivity index (χ0n) is 9.90. The molecule has 2 rings (SSSR count). The molecule has 0 aliphatic carbocycles. The smallest absolute Gasteiger partial charge is 0.304 e. The Balaban J connectivity index is 2.26. The van der Waals surface area contributed by atoms with Gasteiger partial charge in [0.1, 0.15) is 11.5 Å². The lowest BCUT2D eigenvalue weighted by Gasteiger charge is -2.07. The Kier molecular flexibility index (Phi) is 3.61. The molecule has 0 aliphatic rings. The Morgan fingerprint density at radius 1 is 1.53 bits per heavy atom. The van der Waals surface area contributed by atoms with E-state index in [0.29, 0.717) is 11.3 Å². The zero-order valence-corrected chi connectivity index (χ0v) is 10.7. The molecular weight excluding hydrogens is 273 g/mol. The summed E-state index contributed by atoms with van der Waals surface area (Å²) in [7, 11) is 0. The number of nitrogens with one attached hydrogen (secondary N) is 2. The van der Waals surface area contributed by atoms with E-state index in [2.05, 4.69) is 10.3 Å². The standard InChI is InChI=1S/C11H10FN3O3S/c1-6-2-9(10(15(17)18)3-8(6)12)13-4-7-5-19-11(16)14-7/h2-3,5,13H,4H2,1H3,(H,14,16). The molecule has 2 aromatic rings. The van der Waals surface area contributed by atoms with Crippen molar-refractivity contribution in [1.29, 1.82) is 0 Å². The fraction of sp³-hybridized carbons (Fsp3) is 0.182. The lowest BCUT2D eigenvalue weighted by Crippen LogP contribution is -2.05. The van der Waals surface area contributed by atoms with Gasteiger partial charge in [0.2, 0.25) is 0 Å². The second-order valence-corrected chi connectivity index (χ2v) is 4.74. The molecule has 0 aliphatic heterocycles. The van der Waals surface area contributed by atoms with Gasteiger partial charge in [-0.1, -0.05) is 11.3 Å². The summed E-state index contributed by atoms with van der Waals surface area (Å²) >= 11 is 1.01. The molecule has 0 atom stereocenters. The van der Waals surface area contributed by atoms with Crippen LogP contribution in [0.5, 0.6) is 0 Å². The van der Waals surface area contributed by atoms with Crippen molar-refractivity contribution in [2.24, 2.45) is 0 Å². The molecule has 0 saturated heterocycles. The van der Waals surface area contributed by atoms with Gasteiger partial charge in [0.05, 0.1) is 17.5 Å². The third-order valence-electron chi connectivity index (χ3n) is 2.51. The minimum Gasteiger partial charge on any atom is -0.374 e. The summed E-state index contributed by atoms with van der Waals surface area (Å²) in [5.41, 5.74) is 0.815. The van der Waals surface area contributed by atoms with Crippen LogP contribution in [0.25, 0.3) is 0 Å². The predicted molar refractivity (Wildman–Crippen MR) is 70.1 cm³/mol. The highest BCUT2D eigenvalue weighted by Crippen LogP contribution is 2.27. The molecule has 1 aromatic carbocycles. The normalized spacial score (nSPS) is 10.4. The van der Waals surface area contributed by atoms with E-state index in [-0.39, 0.29) is 22.8 Å². The summed E-state index contributed by atoms with van der Waals surface area (Å²) in [5.74, 6) is -0.624. The molecule has 0 saturated carbocycles. The number of hydrogen-bond acceptors (Lipinski definition) is 5. The third-order valence-corrected chi connectivity index (χ3v) is 3.23. The number of aromatic amines is 1. The molecule has 2 N–H and O–H groups in total. The highest BCUT2D eigenvalue weighted by atomic mass is 32.1. The predicted octanol–water partition coefficient (Wildman–Crippen LogP) is 2.40. The van der Waals surface area contributed by atoms with Crippen molar-refractivity contribution < 1.29 is 9.31 Å². The first-order valence-electron chi connectivity index (χ1n) is 5.32. The van der Waals surface area contributed by atoms with Crippen molar-refractivity contribution in [1.82, 2.24) is 4.98 Å². The number of thiazole rings is 1. The summed E-state index contributed by atoms with van der Waals surface area (Å²) in [5, 5.41) is 15.3. The molecule has 1 aromatic heterocycles. The maximum absolute atomic E-state index is 13.3. The number of nitro groups is 1. The van der Waals surface area contributed by atoms with Crippen LogP contribution in [0, 0.1) is 22.9 Å². The van der Waals surface area contributed by atoms with Crippen LogP contribution in [0.3, 0.4) is 0 Å². The topological polar surface area (TPSA) is 88.0 Å². The Morgan fingerprint density at radius 2 is 2.26 bits per heavy atom. The average Bonchev–Trinajstić information content (AvgIpc) is 2.76. The van der Waals surface area contributed by atoms with Gasteiger partial charge >= 0.3 is 4.87 Å². The minimum absolute atomic E-state index is 0.193. The van der Waals surface area contributed by atoms with E-state index >= 15 is 0 Å². The number of rotatable bonds is 4. The van der Waals surface area contributed by atoms with Gasteiger partial charge < -0.3 is 10.3 Å². The van der Waals surface area contributed by atoms with E-state index in [0.717, 1.165) is 17.4 Å². The molecule has 0 spiro atoms. The number of H-pyrrole nitrogens is 1. The first kappa shape index (κ1) is 13.2. The summed E-state index contributed by atoms with van der Waals surface area (Å²) in [6.07, 6.45) is 0. The van der Waals surface area contributed by atoms with Crippen molar-refractivity contribution in [3.05, 3.63) is 54.4 Å². The largest absolute Gasteiger partial charge is 0.374 e. The average molecular weight is 283 g/mol. The van der Waals surface area contributed by atoms with Crippen LogP contribution in [0.15, 0.2) is 22.3 Å². The number of halogens is 1. The number of anilines is 1. The van der Waals surface area contributed by atoms with Gasteiger partial charge in [0.15, 0.2) is 0 Å². The van der Waals surface area contributed by atoms with E-state index in [4.69, 9.17) is 0 Å². The van der Waals surface area contributed by atoms with Crippen LogP contribution in [-0.2, 0) is 6.54 Å². The maximum Gasteiger partial charge on any atom is 0.304 e. The fourth-order valence-electron chi connectivity index (χ4n) is 1.55. The SMILES string of the molecule is Cc1cc(NCc2csc(=O)[nH]2)c([N+](=O)[O-])cc1F. The molecular formula is C11H10FN3O3S. The highest BCUT2D eigenvalue weighted by molar-refractivity contribution is 7.07. The molecule has 0 radical (unpaired) electrons. The molecule has 1 heterocycles. The number of aryl methyl sites for hydroxylation is 1. The van der Waals surface area contributed by atoms with E-state index in [9.17, 15) is 19.3 Å². The lowest BCUT2D eigenvalue weighted by molar-refractivity contribution is -0.384. The van der Waals surface area contributed by atoms with Crippen molar-refractivity contribution >= 4 is 22.7 Å². The second-order valence-electron chi connectivity index (χ2n) is 3.90. The molecule has 100 valence electrons. The first-order valence-corrected chi connectivity index (χ1v) is 6.20. The molecule has 0 bridgehead atoms. The second kappa shape index (κ2) is 5.19. The van der Waals surface area contributed by atoms with Gasteiger partial charge in [-0.25, -0.2) is 4.39 Å². The fourth-order valence-corrected chi connectivity index (χ4v) is 2.14. The Morgan fingerprint density at radius 3 is 2.84 bits per heavy atom. The molecule has 8 heteroatoms. The molecule has 0 unspecified atom stereocenters. The third kappa shape index (κ3) is 2.97. The molecule has 0 amide bonds. The van der Waals surface area contributed by atoms with Crippen LogP contribution in [-0.4, -0.2) is 9.91 Å². The number of nitro benzene ring substituents is 1. The van der Waals surface area contributed by atoms with Crippen LogP contribution >= 0.6 is 11.3 Å². The summed E-state index contributed by atoms with van der Waals surface area (Å²) in [4.78, 5) is 23.5. The van der Waals surface area contributed by atoms with Gasteiger partial charge in [0, 0.05) is 11.1 Å². The summed E-state index contributed by atoms with van der Waals surface area (Å²) in [6.45, 7) is 1.75. The summed E-state index contributed by atoms with van der Waals surface area (Å²) in [6, 6.07) is 2.26. The molecule has 6 nitrogen and oxygen atoms in total. The summed E-state index contributed by atoms with van der Waals surface area (Å²) < 4.78 is 13.3. The van der Waals surface area contributed by atoms with Crippen molar-refractivity contribution in [2.75, 3.05) is 5.32 Å². The number of nitrogens with zero attached hydrogens (tertiary/aromatic N) is 1. The van der Waals surface area contributed by atoms with Gasteiger partial charge in [-0.15, -0.1) is 0 Å². The van der Waals surface area contributed by atoms with Crippen LogP contribution in [0.1, 0.15) is 11.3 Å². The van der Waals surface area contributed by atoms with Crippen LogP contribution in [0.2, 0.25) is 0 Å². The quantitative estimate of drug-likeness (QED) is 0.666. The van der Waals surface area contributed by atoms with E-state index < -0.39 is 10.7 Å².